The fraction of sp³-hybridized carbons (Fsp3) is 1.00. The van der Waals surface area contributed by atoms with Gasteiger partial charge in [-0.3, -0.25) is 0 Å². The van der Waals surface area contributed by atoms with Gasteiger partial charge in [-0.15, -0.1) is 0 Å². The smallest absolute Gasteiger partial charge is 0.0166 e. The molecule has 2 heteroatoms. The van der Waals surface area contributed by atoms with E-state index < -0.39 is 0 Å². The number of rotatable bonds is 11. The topological polar surface area (TPSA) is 15.3 Å². The molecule has 1 aliphatic rings. The minimum atomic E-state index is 0.681. The van der Waals surface area contributed by atoms with Crippen LogP contribution in [0.4, 0.5) is 0 Å². The van der Waals surface area contributed by atoms with Gasteiger partial charge in [-0.2, -0.15) is 0 Å². The number of nitrogens with zero attached hydrogens (tertiary/aromatic N) is 1. The molecule has 1 fully saturated rings. The third kappa shape index (κ3) is 9.77. The Morgan fingerprint density at radius 1 is 0.900 bits per heavy atom. The summed E-state index contributed by atoms with van der Waals surface area (Å²) in [5.41, 5.74) is 0. The molecule has 0 amide bonds. The zero-order valence-corrected chi connectivity index (χ0v) is 14.1. The van der Waals surface area contributed by atoms with Crippen molar-refractivity contribution in [3.05, 3.63) is 0 Å². The summed E-state index contributed by atoms with van der Waals surface area (Å²) in [6, 6.07) is 0.681. The quantitative estimate of drug-likeness (QED) is 0.558. The maximum absolute atomic E-state index is 3.57. The molecule has 0 aliphatic carbocycles. The van der Waals surface area contributed by atoms with E-state index in [1.54, 1.807) is 0 Å². The summed E-state index contributed by atoms with van der Waals surface area (Å²) in [7, 11) is 0. The molecule has 0 radical (unpaired) electrons. The minimum Gasteiger partial charge on any atom is -0.313 e. The lowest BCUT2D eigenvalue weighted by molar-refractivity contribution is 0.266. The molecule has 0 aromatic carbocycles. The van der Waals surface area contributed by atoms with E-state index in [9.17, 15) is 0 Å². The molecule has 0 bridgehead atoms. The summed E-state index contributed by atoms with van der Waals surface area (Å²) < 4.78 is 0. The van der Waals surface area contributed by atoms with Crippen molar-refractivity contribution >= 4 is 0 Å². The van der Waals surface area contributed by atoms with Crippen molar-refractivity contribution in [2.75, 3.05) is 26.2 Å². The summed E-state index contributed by atoms with van der Waals surface area (Å²) >= 11 is 0. The summed E-state index contributed by atoms with van der Waals surface area (Å²) in [5.74, 6) is 0. The lowest BCUT2D eigenvalue weighted by Gasteiger charge is -2.22. The highest BCUT2D eigenvalue weighted by Crippen LogP contribution is 2.11. The molecule has 1 aliphatic heterocycles. The minimum absolute atomic E-state index is 0.681. The normalized spacial score (nSPS) is 21.0. The van der Waals surface area contributed by atoms with Crippen LogP contribution in [-0.4, -0.2) is 37.1 Å². The van der Waals surface area contributed by atoms with Gasteiger partial charge >= 0.3 is 0 Å². The second-order valence-electron chi connectivity index (χ2n) is 6.69. The number of nitrogens with one attached hydrogen (secondary N) is 1. The van der Waals surface area contributed by atoms with Gasteiger partial charge in [0.05, 0.1) is 0 Å². The second kappa shape index (κ2) is 12.6. The van der Waals surface area contributed by atoms with Gasteiger partial charge in [0.1, 0.15) is 0 Å². The van der Waals surface area contributed by atoms with Gasteiger partial charge in [0.25, 0.3) is 0 Å². The lowest BCUT2D eigenvalue weighted by atomic mass is 10.1. The van der Waals surface area contributed by atoms with Gasteiger partial charge in [0, 0.05) is 12.6 Å². The molecule has 120 valence electrons. The molecular formula is C18H38N2. The maximum atomic E-state index is 3.57. The number of hydrogen-bond acceptors (Lipinski definition) is 2. The second-order valence-corrected chi connectivity index (χ2v) is 6.69. The van der Waals surface area contributed by atoms with Crippen molar-refractivity contribution in [1.29, 1.82) is 0 Å². The van der Waals surface area contributed by atoms with Crippen molar-refractivity contribution in [3.8, 4) is 0 Å². The Balaban J connectivity index is 1.84. The van der Waals surface area contributed by atoms with Crippen LogP contribution < -0.4 is 5.32 Å². The Morgan fingerprint density at radius 2 is 1.50 bits per heavy atom. The zero-order valence-electron chi connectivity index (χ0n) is 14.1. The molecule has 0 saturated carbocycles. The van der Waals surface area contributed by atoms with Crippen molar-refractivity contribution < 1.29 is 0 Å². The first-order chi connectivity index (χ1) is 9.83. The average Bonchev–Trinajstić information content (AvgIpc) is 2.65. The van der Waals surface area contributed by atoms with E-state index in [1.165, 1.54) is 96.8 Å². The Hall–Kier alpha value is -0.0800. The Bertz CT molecular complexity index is 206. The highest BCUT2D eigenvalue weighted by molar-refractivity contribution is 4.72. The average molecular weight is 283 g/mol. The predicted molar refractivity (Wildman–Crippen MR) is 90.4 cm³/mol. The van der Waals surface area contributed by atoms with Crippen LogP contribution in [-0.2, 0) is 0 Å². The van der Waals surface area contributed by atoms with E-state index >= 15 is 0 Å². The molecule has 1 rings (SSSR count). The molecule has 1 unspecified atom stereocenters. The molecule has 1 heterocycles. The van der Waals surface area contributed by atoms with Crippen LogP contribution >= 0.6 is 0 Å². The standard InChI is InChI=1S/C18H38N2/c1-3-4-5-6-7-8-9-10-11-12-15-20-16-13-14-19-18(2)17-20/h18-19H,3-17H2,1-2H3. The first-order valence-corrected chi connectivity index (χ1v) is 9.28. The van der Waals surface area contributed by atoms with Crippen LogP contribution in [0.5, 0.6) is 0 Å². The first-order valence-electron chi connectivity index (χ1n) is 9.28. The molecule has 1 saturated heterocycles. The van der Waals surface area contributed by atoms with E-state index in [2.05, 4.69) is 24.1 Å². The molecule has 0 aromatic heterocycles. The molecule has 0 aromatic rings. The van der Waals surface area contributed by atoms with Crippen LogP contribution in [0, 0.1) is 0 Å². The summed E-state index contributed by atoms with van der Waals surface area (Å²) in [5, 5.41) is 3.57. The van der Waals surface area contributed by atoms with E-state index in [0.717, 1.165) is 0 Å². The highest BCUT2D eigenvalue weighted by atomic mass is 15.2. The molecule has 1 N–H and O–H groups in total. The third-order valence-electron chi connectivity index (χ3n) is 4.50. The van der Waals surface area contributed by atoms with E-state index in [4.69, 9.17) is 0 Å². The number of unbranched alkanes of at least 4 members (excludes halogenated alkanes) is 9. The van der Waals surface area contributed by atoms with Crippen LogP contribution in [0.3, 0.4) is 0 Å². The van der Waals surface area contributed by atoms with Crippen LogP contribution in [0.25, 0.3) is 0 Å². The third-order valence-corrected chi connectivity index (χ3v) is 4.50. The Morgan fingerprint density at radius 3 is 2.15 bits per heavy atom. The predicted octanol–water partition coefficient (Wildman–Crippen LogP) is 4.59. The molecule has 2 nitrogen and oxygen atoms in total. The SMILES string of the molecule is CCCCCCCCCCCCN1CCCNC(C)C1. The largest absolute Gasteiger partial charge is 0.313 e. The van der Waals surface area contributed by atoms with E-state index in [-0.39, 0.29) is 0 Å². The van der Waals surface area contributed by atoms with E-state index in [1.807, 2.05) is 0 Å². The van der Waals surface area contributed by atoms with Crippen molar-refractivity contribution in [2.24, 2.45) is 0 Å². The fourth-order valence-corrected chi connectivity index (χ4v) is 3.22. The van der Waals surface area contributed by atoms with Gasteiger partial charge in [-0.05, 0) is 39.4 Å². The van der Waals surface area contributed by atoms with Gasteiger partial charge < -0.3 is 10.2 Å². The first kappa shape index (κ1) is 18.0. The Kier molecular flexibility index (Phi) is 11.4. The highest BCUT2D eigenvalue weighted by Gasteiger charge is 2.12. The Labute approximate surface area is 127 Å². The van der Waals surface area contributed by atoms with Crippen molar-refractivity contribution in [3.63, 3.8) is 0 Å². The van der Waals surface area contributed by atoms with Crippen LogP contribution in [0.1, 0.15) is 84.5 Å². The summed E-state index contributed by atoms with van der Waals surface area (Å²) in [6.07, 6.45) is 15.7. The van der Waals surface area contributed by atoms with Crippen LogP contribution in [0.15, 0.2) is 0 Å². The maximum Gasteiger partial charge on any atom is 0.0166 e. The summed E-state index contributed by atoms with van der Waals surface area (Å²) in [6.45, 7) is 9.68. The molecule has 1 atom stereocenters. The molecule has 0 spiro atoms. The van der Waals surface area contributed by atoms with Gasteiger partial charge in [0.15, 0.2) is 0 Å². The fourth-order valence-electron chi connectivity index (χ4n) is 3.22. The van der Waals surface area contributed by atoms with Crippen LogP contribution in [0.2, 0.25) is 0 Å². The van der Waals surface area contributed by atoms with Crippen molar-refractivity contribution in [2.45, 2.75) is 90.5 Å². The monoisotopic (exact) mass is 282 g/mol. The molecule has 20 heavy (non-hydrogen) atoms. The summed E-state index contributed by atoms with van der Waals surface area (Å²) in [4.78, 5) is 2.66. The van der Waals surface area contributed by atoms with Gasteiger partial charge in [-0.1, -0.05) is 64.7 Å². The zero-order chi connectivity index (χ0) is 14.5. The van der Waals surface area contributed by atoms with Crippen molar-refractivity contribution in [1.82, 2.24) is 10.2 Å². The lowest BCUT2D eigenvalue weighted by Crippen LogP contribution is -2.35. The number of hydrogen-bond donors (Lipinski definition) is 1. The van der Waals surface area contributed by atoms with Gasteiger partial charge in [0.2, 0.25) is 0 Å². The van der Waals surface area contributed by atoms with Gasteiger partial charge in [-0.25, -0.2) is 0 Å². The van der Waals surface area contributed by atoms with E-state index in [0.29, 0.717) is 6.04 Å². The molecular weight excluding hydrogens is 244 g/mol.